The van der Waals surface area contributed by atoms with Gasteiger partial charge in [0.25, 0.3) is 0 Å². The Hall–Kier alpha value is -3.39. The van der Waals surface area contributed by atoms with Gasteiger partial charge in [-0.05, 0) is 49.8 Å². The van der Waals surface area contributed by atoms with Crippen molar-refractivity contribution >= 4 is 40.0 Å². The van der Waals surface area contributed by atoms with E-state index in [2.05, 4.69) is 128 Å². The molecule has 4 aromatic rings. The van der Waals surface area contributed by atoms with Crippen LogP contribution in [0, 0.1) is 0 Å². The number of hydrogen-bond acceptors (Lipinski definition) is 0. The molecule has 0 amide bonds. The standard InChI is InChI=1S/C31H25ClSi/c1-2-23-33(32)30(26-19-11-5-12-20-26)28(24-15-7-3-8-16-24)29(25-17-9-4-10-18-25)31(33)27-21-13-6-14-22-27/h2-22H,1,23H2. The Labute approximate surface area is 201 Å². The average Bonchev–Trinajstić information content (AvgIpc) is 3.15. The second kappa shape index (κ2) is 9.23. The average molecular weight is 461 g/mol. The van der Waals surface area contributed by atoms with E-state index in [9.17, 15) is 0 Å². The molecule has 0 fully saturated rings. The van der Waals surface area contributed by atoms with Crippen LogP contribution in [-0.2, 0) is 0 Å². The van der Waals surface area contributed by atoms with Crippen LogP contribution in [-0.4, -0.2) is 7.38 Å². The molecule has 33 heavy (non-hydrogen) atoms. The van der Waals surface area contributed by atoms with Crippen molar-refractivity contribution in [3.8, 4) is 0 Å². The summed E-state index contributed by atoms with van der Waals surface area (Å²) in [6, 6.07) is 43.5. The molecule has 0 N–H and O–H groups in total. The highest BCUT2D eigenvalue weighted by Gasteiger charge is 2.49. The van der Waals surface area contributed by atoms with Gasteiger partial charge in [0.15, 0.2) is 0 Å². The first-order valence-corrected chi connectivity index (χ1v) is 14.5. The molecule has 0 saturated heterocycles. The third kappa shape index (κ3) is 3.84. The molecule has 0 aromatic heterocycles. The Kier molecular flexibility index (Phi) is 6.00. The summed E-state index contributed by atoms with van der Waals surface area (Å²) in [6.45, 7) is 4.13. The molecular formula is C31H25ClSi. The lowest BCUT2D eigenvalue weighted by Gasteiger charge is -2.27. The van der Waals surface area contributed by atoms with Gasteiger partial charge in [0, 0.05) is 0 Å². The van der Waals surface area contributed by atoms with E-state index < -0.39 is 7.38 Å². The van der Waals surface area contributed by atoms with Crippen LogP contribution in [0.25, 0.3) is 21.5 Å². The van der Waals surface area contributed by atoms with Gasteiger partial charge < -0.3 is 0 Å². The van der Waals surface area contributed by atoms with Crippen molar-refractivity contribution in [3.05, 3.63) is 156 Å². The smallest absolute Gasteiger partial charge is 0.154 e. The third-order valence-corrected chi connectivity index (χ3v) is 11.3. The minimum absolute atomic E-state index is 0.760. The minimum Gasteiger partial charge on any atom is -0.154 e. The van der Waals surface area contributed by atoms with E-state index in [4.69, 9.17) is 11.1 Å². The Bertz CT molecular complexity index is 1220. The SMILES string of the molecule is C=CC[Si]1(Cl)C(c2ccccc2)=C(c2ccccc2)C(c2ccccc2)=C1c1ccccc1. The highest BCUT2D eigenvalue weighted by atomic mass is 35.6. The number of halogens is 1. The van der Waals surface area contributed by atoms with Gasteiger partial charge in [0.2, 0.25) is 7.38 Å². The molecule has 4 aromatic carbocycles. The van der Waals surface area contributed by atoms with Gasteiger partial charge in [-0.2, -0.15) is 11.1 Å². The summed E-state index contributed by atoms with van der Waals surface area (Å²) in [7, 11) is -2.71. The van der Waals surface area contributed by atoms with Crippen molar-refractivity contribution in [2.75, 3.05) is 0 Å². The molecule has 0 atom stereocenters. The summed E-state index contributed by atoms with van der Waals surface area (Å²) in [6.07, 6.45) is 2.00. The first kappa shape index (κ1) is 21.5. The van der Waals surface area contributed by atoms with E-state index >= 15 is 0 Å². The summed E-state index contributed by atoms with van der Waals surface area (Å²) in [4.78, 5) is 0. The van der Waals surface area contributed by atoms with Crippen LogP contribution >= 0.6 is 11.1 Å². The molecular weight excluding hydrogens is 436 g/mol. The van der Waals surface area contributed by atoms with Crippen molar-refractivity contribution in [2.45, 2.75) is 6.04 Å². The fourth-order valence-electron chi connectivity index (χ4n) is 4.92. The van der Waals surface area contributed by atoms with E-state index in [0.29, 0.717) is 0 Å². The van der Waals surface area contributed by atoms with Gasteiger partial charge in [-0.3, -0.25) is 0 Å². The van der Waals surface area contributed by atoms with E-state index in [1.165, 1.54) is 43.8 Å². The maximum Gasteiger partial charge on any atom is 0.223 e. The highest BCUT2D eigenvalue weighted by molar-refractivity contribution is 7.41. The summed E-state index contributed by atoms with van der Waals surface area (Å²) in [5.41, 5.74) is 7.27. The van der Waals surface area contributed by atoms with Crippen LogP contribution in [0.15, 0.2) is 134 Å². The van der Waals surface area contributed by atoms with Gasteiger partial charge in [-0.15, -0.1) is 6.58 Å². The van der Waals surface area contributed by atoms with Crippen molar-refractivity contribution in [1.82, 2.24) is 0 Å². The monoisotopic (exact) mass is 460 g/mol. The summed E-state index contributed by atoms with van der Waals surface area (Å²) < 4.78 is 0. The van der Waals surface area contributed by atoms with Crippen molar-refractivity contribution in [2.24, 2.45) is 0 Å². The lowest BCUT2D eigenvalue weighted by Crippen LogP contribution is -2.29. The fourth-order valence-corrected chi connectivity index (χ4v) is 10.1. The van der Waals surface area contributed by atoms with E-state index in [1.807, 2.05) is 6.08 Å². The number of hydrogen-bond donors (Lipinski definition) is 0. The predicted octanol–water partition coefficient (Wildman–Crippen LogP) is 8.67. The van der Waals surface area contributed by atoms with Crippen LogP contribution in [0.2, 0.25) is 6.04 Å². The second-order valence-corrected chi connectivity index (χ2v) is 13.2. The Balaban J connectivity index is 1.95. The molecule has 160 valence electrons. The largest absolute Gasteiger partial charge is 0.223 e. The number of benzene rings is 4. The van der Waals surface area contributed by atoms with Gasteiger partial charge in [-0.25, -0.2) is 0 Å². The van der Waals surface area contributed by atoms with Gasteiger partial charge in [-0.1, -0.05) is 127 Å². The fraction of sp³-hybridized carbons (Fsp3) is 0.0323. The van der Waals surface area contributed by atoms with Crippen LogP contribution < -0.4 is 0 Å². The molecule has 1 aliphatic rings. The maximum atomic E-state index is 7.91. The molecule has 1 aliphatic heterocycles. The second-order valence-electron chi connectivity index (χ2n) is 8.26. The molecule has 0 bridgehead atoms. The van der Waals surface area contributed by atoms with Crippen molar-refractivity contribution in [3.63, 3.8) is 0 Å². The first-order chi connectivity index (χ1) is 16.2. The maximum absolute atomic E-state index is 7.91. The summed E-state index contributed by atoms with van der Waals surface area (Å²) in [5, 5.41) is 2.54. The molecule has 0 spiro atoms. The zero-order valence-corrected chi connectivity index (χ0v) is 20.2. The van der Waals surface area contributed by atoms with E-state index in [-0.39, 0.29) is 0 Å². The van der Waals surface area contributed by atoms with Crippen molar-refractivity contribution < 1.29 is 0 Å². The normalized spacial score (nSPS) is 15.1. The van der Waals surface area contributed by atoms with Crippen LogP contribution in [0.1, 0.15) is 22.3 Å². The Morgan fingerprint density at radius 3 is 1.12 bits per heavy atom. The molecule has 2 heteroatoms. The van der Waals surface area contributed by atoms with Crippen LogP contribution in [0.3, 0.4) is 0 Å². The predicted molar refractivity (Wildman–Crippen MR) is 146 cm³/mol. The zero-order valence-electron chi connectivity index (χ0n) is 18.4. The van der Waals surface area contributed by atoms with Gasteiger partial charge in [0.1, 0.15) is 0 Å². The van der Waals surface area contributed by atoms with Gasteiger partial charge >= 0.3 is 0 Å². The summed E-state index contributed by atoms with van der Waals surface area (Å²) >= 11 is 7.91. The molecule has 0 saturated carbocycles. The van der Waals surface area contributed by atoms with E-state index in [0.717, 1.165) is 6.04 Å². The lowest BCUT2D eigenvalue weighted by atomic mass is 9.89. The highest BCUT2D eigenvalue weighted by Crippen LogP contribution is 2.58. The van der Waals surface area contributed by atoms with Crippen molar-refractivity contribution in [1.29, 1.82) is 0 Å². The molecule has 0 nitrogen and oxygen atoms in total. The lowest BCUT2D eigenvalue weighted by molar-refractivity contribution is 1.58. The third-order valence-electron chi connectivity index (χ3n) is 6.22. The van der Waals surface area contributed by atoms with E-state index in [1.54, 1.807) is 0 Å². The molecule has 1 heterocycles. The van der Waals surface area contributed by atoms with Crippen LogP contribution in [0.5, 0.6) is 0 Å². The molecule has 0 unspecified atom stereocenters. The molecule has 0 radical (unpaired) electrons. The van der Waals surface area contributed by atoms with Crippen LogP contribution in [0.4, 0.5) is 0 Å². The number of allylic oxidation sites excluding steroid dienone is 3. The molecule has 5 rings (SSSR count). The quantitative estimate of drug-likeness (QED) is 0.153. The van der Waals surface area contributed by atoms with Gasteiger partial charge in [0.05, 0.1) is 0 Å². The Morgan fingerprint density at radius 2 is 0.818 bits per heavy atom. The molecule has 0 aliphatic carbocycles. The zero-order chi connectivity index (χ0) is 22.7. The topological polar surface area (TPSA) is 0 Å². The first-order valence-electron chi connectivity index (χ1n) is 11.3. The summed E-state index contributed by atoms with van der Waals surface area (Å²) in [5.74, 6) is 0. The Morgan fingerprint density at radius 1 is 0.515 bits per heavy atom. The number of rotatable bonds is 6. The minimum atomic E-state index is -2.71.